The number of quaternary nitrogens is 1. The molecule has 94 valence electrons. The number of aliphatic imine (C=N–C) groups is 1. The Balaban J connectivity index is 1.97. The van der Waals surface area contributed by atoms with Gasteiger partial charge in [-0.25, -0.2) is 4.79 Å². The predicted octanol–water partition coefficient (Wildman–Crippen LogP) is 0.937. The second kappa shape index (κ2) is 4.56. The maximum atomic E-state index is 11.8. The Bertz CT molecular complexity index is 378. The van der Waals surface area contributed by atoms with Gasteiger partial charge in [0.15, 0.2) is 0 Å². The Hall–Kier alpha value is -1.24. The average molecular weight is 240 g/mol. The van der Waals surface area contributed by atoms with Gasteiger partial charge in [0.2, 0.25) is 0 Å². The van der Waals surface area contributed by atoms with Crippen LogP contribution in [0.4, 0.5) is 4.79 Å². The summed E-state index contributed by atoms with van der Waals surface area (Å²) in [5.74, 6) is 0.226. The van der Waals surface area contributed by atoms with Crippen molar-refractivity contribution in [2.75, 3.05) is 13.2 Å². The molecule has 2 unspecified atom stereocenters. The lowest BCUT2D eigenvalue weighted by molar-refractivity contribution is -0.988. The number of carbonyl (C=O) groups excluding carboxylic acids is 1. The maximum absolute atomic E-state index is 11.8. The fraction of sp³-hybridized carbons (Fsp3) is 0.636. The van der Waals surface area contributed by atoms with E-state index in [1.165, 1.54) is 0 Å². The smallest absolute Gasteiger partial charge is 0.383 e. The molecule has 0 aromatic rings. The largest absolute Gasteiger partial charge is 0.481 e. The summed E-state index contributed by atoms with van der Waals surface area (Å²) in [7, 11) is 0. The highest BCUT2D eigenvalue weighted by Gasteiger charge is 2.47. The van der Waals surface area contributed by atoms with Gasteiger partial charge in [0.05, 0.1) is 12.7 Å². The number of nitrogens with zero attached hydrogens (tertiary/aromatic N) is 2. The van der Waals surface area contributed by atoms with Crippen molar-refractivity contribution < 1.29 is 19.0 Å². The standard InChI is InChI=1S/C11H17N3O3/c1-8(2)16-7-9-3-5-14(17-9)6-4-10(12)13-11(14)15/h4,6,8-9H,3,5,7H2,1-2H3,(H-,12,13,15)/p+1. The number of rotatable bonds is 3. The van der Waals surface area contributed by atoms with Gasteiger partial charge in [-0.15, -0.1) is 4.99 Å². The summed E-state index contributed by atoms with van der Waals surface area (Å²) in [5.41, 5.74) is 5.46. The first kappa shape index (κ1) is 12.2. The second-order valence-corrected chi connectivity index (χ2v) is 4.55. The SMILES string of the molecule is CC(C)OCC1CC[N+]2(C=CC(N)=NC2=O)O1. The number of urea groups is 1. The van der Waals surface area contributed by atoms with Gasteiger partial charge in [0.1, 0.15) is 24.7 Å². The number of hydrogen-bond acceptors (Lipinski definition) is 4. The summed E-state index contributed by atoms with van der Waals surface area (Å²) in [6.45, 7) is 5.02. The predicted molar refractivity (Wildman–Crippen MR) is 61.9 cm³/mol. The normalized spacial score (nSPS) is 32.5. The zero-order chi connectivity index (χ0) is 12.5. The molecule has 0 aromatic carbocycles. The second-order valence-electron chi connectivity index (χ2n) is 4.55. The summed E-state index contributed by atoms with van der Waals surface area (Å²) in [4.78, 5) is 21.2. The summed E-state index contributed by atoms with van der Waals surface area (Å²) < 4.78 is 5.30. The third-order valence-corrected chi connectivity index (χ3v) is 2.77. The van der Waals surface area contributed by atoms with Gasteiger partial charge in [-0.2, -0.15) is 4.84 Å². The van der Waals surface area contributed by atoms with Crippen molar-refractivity contribution in [1.29, 1.82) is 0 Å². The molecule has 2 amide bonds. The van der Waals surface area contributed by atoms with Crippen LogP contribution >= 0.6 is 0 Å². The summed E-state index contributed by atoms with van der Waals surface area (Å²) in [6.07, 6.45) is 4.13. The highest BCUT2D eigenvalue weighted by molar-refractivity contribution is 5.99. The Morgan fingerprint density at radius 2 is 2.47 bits per heavy atom. The topological polar surface area (TPSA) is 73.9 Å². The molecule has 0 saturated carbocycles. The molecule has 1 fully saturated rings. The van der Waals surface area contributed by atoms with E-state index >= 15 is 0 Å². The molecule has 2 atom stereocenters. The molecule has 1 spiro atoms. The molecule has 2 rings (SSSR count). The van der Waals surface area contributed by atoms with Gasteiger partial charge >= 0.3 is 6.03 Å². The van der Waals surface area contributed by atoms with Crippen LogP contribution in [0.3, 0.4) is 0 Å². The van der Waals surface area contributed by atoms with Crippen molar-refractivity contribution in [3.8, 4) is 0 Å². The van der Waals surface area contributed by atoms with Crippen molar-refractivity contribution in [1.82, 2.24) is 0 Å². The fourth-order valence-corrected chi connectivity index (χ4v) is 1.86. The van der Waals surface area contributed by atoms with Gasteiger partial charge in [-0.1, -0.05) is 4.65 Å². The summed E-state index contributed by atoms with van der Waals surface area (Å²) in [5, 5.41) is 0. The van der Waals surface area contributed by atoms with Crippen LogP contribution in [0.5, 0.6) is 0 Å². The zero-order valence-corrected chi connectivity index (χ0v) is 10.1. The average Bonchev–Trinajstić information content (AvgIpc) is 2.67. The van der Waals surface area contributed by atoms with Crippen LogP contribution in [-0.4, -0.2) is 41.9 Å². The van der Waals surface area contributed by atoms with E-state index in [1.54, 1.807) is 12.3 Å². The van der Waals surface area contributed by atoms with Crippen molar-refractivity contribution in [3.63, 3.8) is 0 Å². The summed E-state index contributed by atoms with van der Waals surface area (Å²) in [6, 6.07) is -0.364. The molecule has 0 radical (unpaired) electrons. The Morgan fingerprint density at radius 3 is 3.12 bits per heavy atom. The molecule has 2 aliphatic heterocycles. The van der Waals surface area contributed by atoms with E-state index in [1.807, 2.05) is 13.8 Å². The molecule has 0 aromatic heterocycles. The molecule has 2 heterocycles. The molecule has 2 N–H and O–H groups in total. The van der Waals surface area contributed by atoms with Crippen LogP contribution in [-0.2, 0) is 9.57 Å². The molecule has 0 bridgehead atoms. The third-order valence-electron chi connectivity index (χ3n) is 2.77. The van der Waals surface area contributed by atoms with Gasteiger partial charge < -0.3 is 10.5 Å². The van der Waals surface area contributed by atoms with Crippen molar-refractivity contribution in [2.45, 2.75) is 32.5 Å². The monoisotopic (exact) mass is 240 g/mol. The van der Waals surface area contributed by atoms with Crippen LogP contribution in [0.25, 0.3) is 0 Å². The third kappa shape index (κ3) is 2.54. The lowest BCUT2D eigenvalue weighted by Gasteiger charge is -2.23. The van der Waals surface area contributed by atoms with Gasteiger partial charge in [-0.3, -0.25) is 0 Å². The van der Waals surface area contributed by atoms with E-state index in [4.69, 9.17) is 15.3 Å². The van der Waals surface area contributed by atoms with E-state index in [9.17, 15) is 4.79 Å². The van der Waals surface area contributed by atoms with Crippen molar-refractivity contribution in [2.24, 2.45) is 10.7 Å². The van der Waals surface area contributed by atoms with E-state index in [0.717, 1.165) is 6.42 Å². The summed E-state index contributed by atoms with van der Waals surface area (Å²) >= 11 is 0. The Labute approximate surface area is 100 Å². The zero-order valence-electron chi connectivity index (χ0n) is 10.1. The number of carbonyl (C=O) groups is 1. The highest BCUT2D eigenvalue weighted by Crippen LogP contribution is 2.27. The highest BCUT2D eigenvalue weighted by atomic mass is 16.7. The molecule has 6 heteroatoms. The molecule has 6 nitrogen and oxygen atoms in total. The van der Waals surface area contributed by atoms with E-state index < -0.39 is 0 Å². The molecular weight excluding hydrogens is 222 g/mol. The Kier molecular flexibility index (Phi) is 3.28. The molecular formula is C11H18N3O3+. The molecule has 1 saturated heterocycles. The lowest BCUT2D eigenvalue weighted by Crippen LogP contribution is -2.46. The fourth-order valence-electron chi connectivity index (χ4n) is 1.86. The molecule has 0 aliphatic carbocycles. The van der Waals surface area contributed by atoms with Crippen molar-refractivity contribution >= 4 is 11.9 Å². The lowest BCUT2D eigenvalue weighted by atomic mass is 10.3. The van der Waals surface area contributed by atoms with Crippen LogP contribution in [0.1, 0.15) is 20.3 Å². The first-order valence-electron chi connectivity index (χ1n) is 5.77. The van der Waals surface area contributed by atoms with Crippen molar-refractivity contribution in [3.05, 3.63) is 12.3 Å². The first-order valence-corrected chi connectivity index (χ1v) is 5.77. The number of ether oxygens (including phenoxy) is 1. The van der Waals surface area contributed by atoms with Gasteiger partial charge in [0.25, 0.3) is 0 Å². The van der Waals surface area contributed by atoms with E-state index in [2.05, 4.69) is 4.99 Å². The van der Waals surface area contributed by atoms with Crippen LogP contribution in [0.15, 0.2) is 17.3 Å². The first-order chi connectivity index (χ1) is 8.02. The van der Waals surface area contributed by atoms with E-state index in [0.29, 0.717) is 13.2 Å². The van der Waals surface area contributed by atoms with Crippen LogP contribution < -0.4 is 5.73 Å². The molecule has 2 aliphatic rings. The quantitative estimate of drug-likeness (QED) is 0.745. The minimum atomic E-state index is -0.364. The number of amidine groups is 1. The molecule has 17 heavy (non-hydrogen) atoms. The van der Waals surface area contributed by atoms with Gasteiger partial charge in [0, 0.05) is 12.5 Å². The van der Waals surface area contributed by atoms with Gasteiger partial charge in [-0.05, 0) is 13.8 Å². The number of amides is 2. The van der Waals surface area contributed by atoms with Crippen LogP contribution in [0.2, 0.25) is 0 Å². The Morgan fingerprint density at radius 1 is 1.71 bits per heavy atom. The van der Waals surface area contributed by atoms with Crippen LogP contribution in [0, 0.1) is 0 Å². The maximum Gasteiger partial charge on any atom is 0.481 e. The minimum Gasteiger partial charge on any atom is -0.383 e. The van der Waals surface area contributed by atoms with E-state index in [-0.39, 0.29) is 28.7 Å². The number of hydroxylamine groups is 3. The number of hydrogen-bond donors (Lipinski definition) is 1. The minimum absolute atomic E-state index is 0.0690. The number of nitrogens with two attached hydrogens (primary N) is 1.